The fourth-order valence-corrected chi connectivity index (χ4v) is 3.00. The molecule has 0 bridgehead atoms. The SMILES string of the molecule is CC[C@H](N)c1ccc(N2CC(C)C(N(C)C)C2)cc1. The number of benzene rings is 1. The number of nitrogens with zero attached hydrogens (tertiary/aromatic N) is 2. The second-order valence-electron chi connectivity index (χ2n) is 6.02. The van der Waals surface area contributed by atoms with E-state index in [2.05, 4.69) is 62.0 Å². The van der Waals surface area contributed by atoms with Crippen LogP contribution >= 0.6 is 0 Å². The highest BCUT2D eigenvalue weighted by Crippen LogP contribution is 2.27. The van der Waals surface area contributed by atoms with Crippen LogP contribution in [0.2, 0.25) is 0 Å². The Morgan fingerprint density at radius 1 is 1.26 bits per heavy atom. The molecule has 1 fully saturated rings. The molecule has 1 aromatic carbocycles. The van der Waals surface area contributed by atoms with Gasteiger partial charge in [-0.3, -0.25) is 0 Å². The summed E-state index contributed by atoms with van der Waals surface area (Å²) in [5.74, 6) is 0.715. The molecular weight excluding hydrogens is 234 g/mol. The lowest BCUT2D eigenvalue weighted by Crippen LogP contribution is -2.34. The average molecular weight is 261 g/mol. The van der Waals surface area contributed by atoms with Crippen molar-refractivity contribution in [3.8, 4) is 0 Å². The van der Waals surface area contributed by atoms with Gasteiger partial charge in [0.15, 0.2) is 0 Å². The predicted molar refractivity (Wildman–Crippen MR) is 82.5 cm³/mol. The molecule has 1 aromatic rings. The minimum absolute atomic E-state index is 0.168. The number of likely N-dealkylation sites (N-methyl/N-ethyl adjacent to an activating group) is 1. The molecule has 0 saturated carbocycles. The molecule has 3 nitrogen and oxygen atoms in total. The van der Waals surface area contributed by atoms with E-state index >= 15 is 0 Å². The van der Waals surface area contributed by atoms with Gasteiger partial charge in [0.25, 0.3) is 0 Å². The van der Waals surface area contributed by atoms with Crippen molar-refractivity contribution in [2.24, 2.45) is 11.7 Å². The average Bonchev–Trinajstić information content (AvgIpc) is 2.80. The highest BCUT2D eigenvalue weighted by molar-refractivity contribution is 5.49. The second-order valence-corrected chi connectivity index (χ2v) is 6.02. The van der Waals surface area contributed by atoms with Gasteiger partial charge in [-0.05, 0) is 44.1 Å². The minimum atomic E-state index is 0.168. The number of nitrogens with two attached hydrogens (primary N) is 1. The number of anilines is 1. The van der Waals surface area contributed by atoms with Gasteiger partial charge < -0.3 is 15.5 Å². The lowest BCUT2D eigenvalue weighted by Gasteiger charge is -2.23. The standard InChI is InChI=1S/C16H27N3/c1-5-15(17)13-6-8-14(9-7-13)19-10-12(2)16(11-19)18(3)4/h6-9,12,15-16H,5,10-11,17H2,1-4H3/t12?,15-,16?/m0/s1. The molecule has 3 heteroatoms. The summed E-state index contributed by atoms with van der Waals surface area (Å²) in [5.41, 5.74) is 8.62. The van der Waals surface area contributed by atoms with Crippen molar-refractivity contribution in [3.63, 3.8) is 0 Å². The first-order valence-electron chi connectivity index (χ1n) is 7.29. The van der Waals surface area contributed by atoms with E-state index in [4.69, 9.17) is 5.73 Å². The van der Waals surface area contributed by atoms with E-state index in [9.17, 15) is 0 Å². The van der Waals surface area contributed by atoms with Crippen LogP contribution in [0.25, 0.3) is 0 Å². The van der Waals surface area contributed by atoms with Gasteiger partial charge in [0.1, 0.15) is 0 Å². The summed E-state index contributed by atoms with van der Waals surface area (Å²) in [6.07, 6.45) is 0.989. The molecule has 1 saturated heterocycles. The third kappa shape index (κ3) is 3.10. The Bertz CT molecular complexity index is 399. The Balaban J connectivity index is 2.07. The largest absolute Gasteiger partial charge is 0.370 e. The van der Waals surface area contributed by atoms with Crippen LogP contribution in [0.1, 0.15) is 31.9 Å². The summed E-state index contributed by atoms with van der Waals surface area (Å²) in [4.78, 5) is 4.82. The van der Waals surface area contributed by atoms with Gasteiger partial charge in [0, 0.05) is 30.9 Å². The first-order valence-corrected chi connectivity index (χ1v) is 7.29. The maximum atomic E-state index is 6.06. The highest BCUT2D eigenvalue weighted by Gasteiger charge is 2.30. The van der Waals surface area contributed by atoms with Crippen molar-refractivity contribution in [3.05, 3.63) is 29.8 Å². The lowest BCUT2D eigenvalue weighted by molar-refractivity contribution is 0.266. The molecule has 0 aliphatic carbocycles. The van der Waals surface area contributed by atoms with E-state index in [-0.39, 0.29) is 6.04 Å². The van der Waals surface area contributed by atoms with Crippen LogP contribution in [0.3, 0.4) is 0 Å². The van der Waals surface area contributed by atoms with Crippen LogP contribution in [0, 0.1) is 5.92 Å². The molecular formula is C16H27N3. The number of hydrogen-bond acceptors (Lipinski definition) is 3. The maximum Gasteiger partial charge on any atom is 0.0367 e. The van der Waals surface area contributed by atoms with Crippen LogP contribution in [0.4, 0.5) is 5.69 Å². The van der Waals surface area contributed by atoms with Crippen LogP contribution in [-0.4, -0.2) is 38.1 Å². The molecule has 0 radical (unpaired) electrons. The summed E-state index contributed by atoms with van der Waals surface area (Å²) in [5, 5.41) is 0. The fourth-order valence-electron chi connectivity index (χ4n) is 3.00. The molecule has 3 atom stereocenters. The summed E-state index contributed by atoms with van der Waals surface area (Å²) in [7, 11) is 4.35. The summed E-state index contributed by atoms with van der Waals surface area (Å²) < 4.78 is 0. The molecule has 1 aliphatic rings. The molecule has 2 unspecified atom stereocenters. The van der Waals surface area contributed by atoms with Gasteiger partial charge in [-0.25, -0.2) is 0 Å². The third-order valence-corrected chi connectivity index (χ3v) is 4.36. The van der Waals surface area contributed by atoms with Crippen molar-refractivity contribution in [1.82, 2.24) is 4.90 Å². The Kier molecular flexibility index (Phi) is 4.48. The zero-order valence-corrected chi connectivity index (χ0v) is 12.6. The highest BCUT2D eigenvalue weighted by atomic mass is 15.2. The fraction of sp³-hybridized carbons (Fsp3) is 0.625. The van der Waals surface area contributed by atoms with Crippen LogP contribution < -0.4 is 10.6 Å². The Labute approximate surface area is 117 Å². The topological polar surface area (TPSA) is 32.5 Å². The molecule has 0 spiro atoms. The molecule has 1 aliphatic heterocycles. The van der Waals surface area contributed by atoms with Crippen LogP contribution in [-0.2, 0) is 0 Å². The van der Waals surface area contributed by atoms with E-state index in [1.807, 2.05) is 0 Å². The second kappa shape index (κ2) is 5.93. The quantitative estimate of drug-likeness (QED) is 0.904. The van der Waals surface area contributed by atoms with Gasteiger partial charge in [0.2, 0.25) is 0 Å². The van der Waals surface area contributed by atoms with Crippen molar-refractivity contribution in [2.75, 3.05) is 32.1 Å². The van der Waals surface area contributed by atoms with Crippen molar-refractivity contribution in [2.45, 2.75) is 32.4 Å². The molecule has 0 aromatic heterocycles. The van der Waals surface area contributed by atoms with Gasteiger partial charge in [-0.2, -0.15) is 0 Å². The smallest absolute Gasteiger partial charge is 0.0367 e. The number of rotatable bonds is 4. The van der Waals surface area contributed by atoms with Gasteiger partial charge >= 0.3 is 0 Å². The van der Waals surface area contributed by atoms with Gasteiger partial charge in [0.05, 0.1) is 0 Å². The van der Waals surface area contributed by atoms with E-state index in [0.717, 1.165) is 19.5 Å². The molecule has 19 heavy (non-hydrogen) atoms. The van der Waals surface area contributed by atoms with Gasteiger partial charge in [-0.1, -0.05) is 26.0 Å². The third-order valence-electron chi connectivity index (χ3n) is 4.36. The predicted octanol–water partition coefficient (Wildman–Crippen LogP) is 2.48. The van der Waals surface area contributed by atoms with Crippen LogP contribution in [0.5, 0.6) is 0 Å². The normalized spacial score (nSPS) is 25.1. The Morgan fingerprint density at radius 2 is 1.89 bits per heavy atom. The summed E-state index contributed by atoms with van der Waals surface area (Å²) >= 11 is 0. The van der Waals surface area contributed by atoms with Gasteiger partial charge in [-0.15, -0.1) is 0 Å². The minimum Gasteiger partial charge on any atom is -0.370 e. The lowest BCUT2D eigenvalue weighted by atomic mass is 10.1. The summed E-state index contributed by atoms with van der Waals surface area (Å²) in [6.45, 7) is 6.73. The Hall–Kier alpha value is -1.06. The zero-order chi connectivity index (χ0) is 14.0. The first kappa shape index (κ1) is 14.4. The summed E-state index contributed by atoms with van der Waals surface area (Å²) in [6, 6.07) is 9.61. The van der Waals surface area contributed by atoms with Crippen molar-refractivity contribution >= 4 is 5.69 Å². The molecule has 106 valence electrons. The maximum absolute atomic E-state index is 6.06. The van der Waals surface area contributed by atoms with Crippen LogP contribution in [0.15, 0.2) is 24.3 Å². The first-order chi connectivity index (χ1) is 9.02. The monoisotopic (exact) mass is 261 g/mol. The van der Waals surface area contributed by atoms with Crippen molar-refractivity contribution in [1.29, 1.82) is 0 Å². The van der Waals surface area contributed by atoms with E-state index in [0.29, 0.717) is 12.0 Å². The molecule has 0 amide bonds. The van der Waals surface area contributed by atoms with Crippen molar-refractivity contribution < 1.29 is 0 Å². The zero-order valence-electron chi connectivity index (χ0n) is 12.6. The number of hydrogen-bond donors (Lipinski definition) is 1. The Morgan fingerprint density at radius 3 is 2.37 bits per heavy atom. The molecule has 2 N–H and O–H groups in total. The van der Waals surface area contributed by atoms with E-state index in [1.165, 1.54) is 11.3 Å². The molecule has 1 heterocycles. The van der Waals surface area contributed by atoms with E-state index in [1.54, 1.807) is 0 Å². The molecule has 2 rings (SSSR count). The van der Waals surface area contributed by atoms with E-state index < -0.39 is 0 Å².